The van der Waals surface area contributed by atoms with Gasteiger partial charge >= 0.3 is 5.97 Å². The molecule has 0 radical (unpaired) electrons. The maximum Gasteiger partial charge on any atom is 0.340 e. The molecular weight excluding hydrogens is 428 g/mol. The largest absolute Gasteiger partial charge is 0.462 e. The SMILES string of the molecule is CCOC(=O)c1cc(NS(C)(=O)=O)ccc1NC(=O)C=C(C)c1ccc2ccccc2c1. The standard InChI is InChI=1S/C24H24N2O5S/c1-4-31-24(28)21-15-20(26-32(3,29)30)11-12-22(21)25-23(27)13-16(2)18-10-9-17-7-5-6-8-19(17)14-18/h5-15,26H,4H2,1-3H3,(H,25,27). The van der Waals surface area contributed by atoms with Gasteiger partial charge in [0.1, 0.15) is 0 Å². The van der Waals surface area contributed by atoms with Crippen LogP contribution < -0.4 is 10.0 Å². The van der Waals surface area contributed by atoms with Gasteiger partial charge in [0.05, 0.1) is 24.1 Å². The number of allylic oxidation sites excluding steroid dienone is 1. The first kappa shape index (κ1) is 23.0. The van der Waals surface area contributed by atoms with E-state index in [1.165, 1.54) is 24.3 Å². The van der Waals surface area contributed by atoms with Crippen molar-refractivity contribution in [2.45, 2.75) is 13.8 Å². The Morgan fingerprint density at radius 3 is 2.41 bits per heavy atom. The first-order chi connectivity index (χ1) is 15.2. The second-order valence-electron chi connectivity index (χ2n) is 7.23. The molecule has 8 heteroatoms. The van der Waals surface area contributed by atoms with Crippen molar-refractivity contribution in [2.24, 2.45) is 0 Å². The summed E-state index contributed by atoms with van der Waals surface area (Å²) in [6.07, 6.45) is 2.45. The summed E-state index contributed by atoms with van der Waals surface area (Å²) in [4.78, 5) is 25.0. The second-order valence-corrected chi connectivity index (χ2v) is 8.98. The lowest BCUT2D eigenvalue weighted by Gasteiger charge is -2.12. The van der Waals surface area contributed by atoms with E-state index in [1.54, 1.807) is 6.92 Å². The maximum absolute atomic E-state index is 12.7. The summed E-state index contributed by atoms with van der Waals surface area (Å²) < 4.78 is 30.4. The Morgan fingerprint density at radius 1 is 1.00 bits per heavy atom. The summed E-state index contributed by atoms with van der Waals surface area (Å²) in [6.45, 7) is 3.62. The molecule has 0 aliphatic heterocycles. The Morgan fingerprint density at radius 2 is 1.72 bits per heavy atom. The first-order valence-corrected chi connectivity index (χ1v) is 11.8. The number of hydrogen-bond donors (Lipinski definition) is 2. The van der Waals surface area contributed by atoms with Crippen LogP contribution in [0.3, 0.4) is 0 Å². The maximum atomic E-state index is 12.7. The molecule has 0 saturated carbocycles. The van der Waals surface area contributed by atoms with Gasteiger partial charge in [-0.25, -0.2) is 13.2 Å². The molecule has 7 nitrogen and oxygen atoms in total. The molecule has 3 aromatic carbocycles. The van der Waals surface area contributed by atoms with Gasteiger partial charge in [-0.15, -0.1) is 0 Å². The third-order valence-corrected chi connectivity index (χ3v) is 5.23. The van der Waals surface area contributed by atoms with Crippen LogP contribution >= 0.6 is 0 Å². The molecule has 0 bridgehead atoms. The fourth-order valence-electron chi connectivity index (χ4n) is 3.19. The van der Waals surface area contributed by atoms with Crippen LogP contribution in [0.15, 0.2) is 66.7 Å². The van der Waals surface area contributed by atoms with E-state index in [4.69, 9.17) is 4.74 Å². The van der Waals surface area contributed by atoms with Crippen molar-refractivity contribution in [1.29, 1.82) is 0 Å². The van der Waals surface area contributed by atoms with Crippen molar-refractivity contribution in [1.82, 2.24) is 0 Å². The van der Waals surface area contributed by atoms with Gasteiger partial charge in [-0.3, -0.25) is 9.52 Å². The Kier molecular flexibility index (Phi) is 6.95. The zero-order valence-electron chi connectivity index (χ0n) is 18.0. The van der Waals surface area contributed by atoms with Gasteiger partial charge in [0.15, 0.2) is 0 Å². The number of sulfonamides is 1. The molecule has 0 unspecified atom stereocenters. The summed E-state index contributed by atoms with van der Waals surface area (Å²) in [6, 6.07) is 18.1. The molecule has 0 heterocycles. The smallest absolute Gasteiger partial charge is 0.340 e. The van der Waals surface area contributed by atoms with Gasteiger partial charge in [-0.05, 0) is 60.0 Å². The number of hydrogen-bond acceptors (Lipinski definition) is 5. The van der Waals surface area contributed by atoms with Crippen LogP contribution in [-0.2, 0) is 19.6 Å². The van der Waals surface area contributed by atoms with E-state index < -0.39 is 21.9 Å². The molecule has 0 aliphatic rings. The van der Waals surface area contributed by atoms with E-state index in [0.717, 1.165) is 28.2 Å². The number of esters is 1. The lowest BCUT2D eigenvalue weighted by molar-refractivity contribution is -0.111. The topological polar surface area (TPSA) is 102 Å². The van der Waals surface area contributed by atoms with E-state index in [-0.39, 0.29) is 23.5 Å². The monoisotopic (exact) mass is 452 g/mol. The molecule has 0 atom stereocenters. The predicted octanol–water partition coefficient (Wildman–Crippen LogP) is 4.43. The number of benzene rings is 3. The van der Waals surface area contributed by atoms with Gasteiger partial charge in [0, 0.05) is 11.8 Å². The normalized spacial score (nSPS) is 11.8. The Balaban J connectivity index is 1.86. The molecule has 3 aromatic rings. The summed E-state index contributed by atoms with van der Waals surface area (Å²) in [5.41, 5.74) is 2.11. The van der Waals surface area contributed by atoms with E-state index in [1.807, 2.05) is 49.4 Å². The quantitative estimate of drug-likeness (QED) is 0.408. The van der Waals surface area contributed by atoms with E-state index >= 15 is 0 Å². The fourth-order valence-corrected chi connectivity index (χ4v) is 3.75. The van der Waals surface area contributed by atoms with Crippen LogP contribution in [-0.4, -0.2) is 33.2 Å². The molecule has 32 heavy (non-hydrogen) atoms. The van der Waals surface area contributed by atoms with Crippen molar-refractivity contribution in [3.05, 3.63) is 77.9 Å². The zero-order chi connectivity index (χ0) is 23.3. The average molecular weight is 453 g/mol. The van der Waals surface area contributed by atoms with Crippen molar-refractivity contribution in [2.75, 3.05) is 22.9 Å². The Hall–Kier alpha value is -3.65. The molecule has 166 valence electrons. The highest BCUT2D eigenvalue weighted by atomic mass is 32.2. The number of nitrogens with one attached hydrogen (secondary N) is 2. The summed E-state index contributed by atoms with van der Waals surface area (Å²) in [5, 5.41) is 4.86. The molecule has 0 fully saturated rings. The highest BCUT2D eigenvalue weighted by Crippen LogP contribution is 2.24. The summed E-state index contributed by atoms with van der Waals surface area (Å²) in [5.74, 6) is -1.10. The summed E-state index contributed by atoms with van der Waals surface area (Å²) >= 11 is 0. The van der Waals surface area contributed by atoms with Crippen LogP contribution in [0, 0.1) is 0 Å². The van der Waals surface area contributed by atoms with Crippen LogP contribution in [0.25, 0.3) is 16.3 Å². The zero-order valence-corrected chi connectivity index (χ0v) is 18.8. The first-order valence-electron chi connectivity index (χ1n) is 9.93. The van der Waals surface area contributed by atoms with Gasteiger partial charge in [0.25, 0.3) is 0 Å². The van der Waals surface area contributed by atoms with Gasteiger partial charge in [0.2, 0.25) is 15.9 Å². The summed E-state index contributed by atoms with van der Waals surface area (Å²) in [7, 11) is -3.53. The predicted molar refractivity (Wildman–Crippen MR) is 127 cm³/mol. The van der Waals surface area contributed by atoms with Crippen molar-refractivity contribution in [3.63, 3.8) is 0 Å². The minimum Gasteiger partial charge on any atom is -0.462 e. The van der Waals surface area contributed by atoms with Crippen LogP contribution in [0.2, 0.25) is 0 Å². The lowest BCUT2D eigenvalue weighted by atomic mass is 10.0. The van der Waals surface area contributed by atoms with Crippen molar-refractivity contribution < 1.29 is 22.7 Å². The number of carbonyl (C=O) groups excluding carboxylic acids is 2. The molecular formula is C24H24N2O5S. The Bertz CT molecular complexity index is 1310. The van der Waals surface area contributed by atoms with Crippen molar-refractivity contribution in [3.8, 4) is 0 Å². The number of anilines is 2. The van der Waals surface area contributed by atoms with E-state index in [0.29, 0.717) is 0 Å². The fraction of sp³-hybridized carbons (Fsp3) is 0.167. The molecule has 1 amide bonds. The van der Waals surface area contributed by atoms with Gasteiger partial charge in [-0.1, -0.05) is 36.4 Å². The lowest BCUT2D eigenvalue weighted by Crippen LogP contribution is -2.16. The molecule has 0 saturated heterocycles. The number of rotatable bonds is 7. The minimum absolute atomic E-state index is 0.0469. The van der Waals surface area contributed by atoms with Gasteiger partial charge < -0.3 is 10.1 Å². The average Bonchev–Trinajstić information content (AvgIpc) is 2.73. The van der Waals surface area contributed by atoms with Gasteiger partial charge in [-0.2, -0.15) is 0 Å². The second kappa shape index (κ2) is 9.65. The minimum atomic E-state index is -3.53. The van der Waals surface area contributed by atoms with Crippen LogP contribution in [0.1, 0.15) is 29.8 Å². The number of ether oxygens (including phenoxy) is 1. The van der Waals surface area contributed by atoms with E-state index in [9.17, 15) is 18.0 Å². The highest BCUT2D eigenvalue weighted by Gasteiger charge is 2.16. The number of fused-ring (bicyclic) bond motifs is 1. The van der Waals surface area contributed by atoms with Crippen molar-refractivity contribution >= 4 is 49.6 Å². The van der Waals surface area contributed by atoms with Crippen LogP contribution in [0.4, 0.5) is 11.4 Å². The molecule has 3 rings (SSSR count). The third kappa shape index (κ3) is 5.95. The van der Waals surface area contributed by atoms with E-state index in [2.05, 4.69) is 10.0 Å². The Labute approximate surface area is 187 Å². The number of carbonyl (C=O) groups is 2. The molecule has 2 N–H and O–H groups in total. The molecule has 0 aliphatic carbocycles. The molecule has 0 spiro atoms. The molecule has 0 aromatic heterocycles. The third-order valence-electron chi connectivity index (χ3n) is 4.63. The number of amides is 1. The highest BCUT2D eigenvalue weighted by molar-refractivity contribution is 7.92. The van der Waals surface area contributed by atoms with Crippen LogP contribution in [0.5, 0.6) is 0 Å².